The van der Waals surface area contributed by atoms with Crippen molar-refractivity contribution < 1.29 is 4.52 Å². The van der Waals surface area contributed by atoms with Crippen LogP contribution in [0.2, 0.25) is 0 Å². The Kier molecular flexibility index (Phi) is 3.24. The molecule has 2 aromatic rings. The molecule has 0 aliphatic rings. The van der Waals surface area contributed by atoms with Crippen LogP contribution in [0.1, 0.15) is 24.8 Å². The first-order chi connectivity index (χ1) is 7.79. The van der Waals surface area contributed by atoms with E-state index in [2.05, 4.69) is 26.9 Å². The fourth-order valence-electron chi connectivity index (χ4n) is 1.57. The van der Waals surface area contributed by atoms with Gasteiger partial charge in [0.15, 0.2) is 0 Å². The molecule has 0 fully saturated rings. The van der Waals surface area contributed by atoms with E-state index in [1.165, 1.54) is 0 Å². The lowest BCUT2D eigenvalue weighted by atomic mass is 10.4. The summed E-state index contributed by atoms with van der Waals surface area (Å²) in [4.78, 5) is 4.25. The molecule has 0 aliphatic heterocycles. The number of rotatable bonds is 5. The molecule has 0 radical (unpaired) electrons. The molecule has 86 valence electrons. The highest BCUT2D eigenvalue weighted by Gasteiger charge is 2.03. The van der Waals surface area contributed by atoms with Crippen LogP contribution in [0, 0.1) is 6.92 Å². The summed E-state index contributed by atoms with van der Waals surface area (Å²) in [6, 6.07) is 1.92. The zero-order valence-electron chi connectivity index (χ0n) is 9.60. The summed E-state index contributed by atoms with van der Waals surface area (Å²) in [5, 5.41) is 7.15. The summed E-state index contributed by atoms with van der Waals surface area (Å²) in [6.45, 7) is 5.64. The Bertz CT molecular complexity index is 446. The van der Waals surface area contributed by atoms with E-state index < -0.39 is 0 Å². The fraction of sp³-hybridized carbons (Fsp3) is 0.455. The van der Waals surface area contributed by atoms with Crippen molar-refractivity contribution in [2.45, 2.75) is 33.4 Å². The maximum atomic E-state index is 4.99. The van der Waals surface area contributed by atoms with E-state index in [4.69, 9.17) is 4.52 Å². The molecule has 1 N–H and O–H groups in total. The topological polar surface area (TPSA) is 55.9 Å². The van der Waals surface area contributed by atoms with Crippen molar-refractivity contribution in [2.24, 2.45) is 0 Å². The molecule has 0 spiro atoms. The number of hydrogen-bond acceptors (Lipinski definition) is 4. The fourth-order valence-corrected chi connectivity index (χ4v) is 1.57. The molecular formula is C11H16N4O. The molecule has 0 aromatic carbocycles. The Balaban J connectivity index is 1.96. The van der Waals surface area contributed by atoms with Crippen LogP contribution in [0.3, 0.4) is 0 Å². The average Bonchev–Trinajstić information content (AvgIpc) is 2.85. The Hall–Kier alpha value is -1.78. The SMILES string of the molecule is CCCn1ccnc1NCc1cc(C)on1. The number of hydrogen-bond donors (Lipinski definition) is 1. The van der Waals surface area contributed by atoms with E-state index in [-0.39, 0.29) is 0 Å². The lowest BCUT2D eigenvalue weighted by Crippen LogP contribution is -2.07. The molecule has 0 unspecified atom stereocenters. The zero-order chi connectivity index (χ0) is 11.4. The Morgan fingerprint density at radius 3 is 3.06 bits per heavy atom. The predicted octanol–water partition coefficient (Wildman–Crippen LogP) is 2.20. The van der Waals surface area contributed by atoms with E-state index in [0.29, 0.717) is 6.54 Å². The van der Waals surface area contributed by atoms with Gasteiger partial charge in [-0.25, -0.2) is 4.98 Å². The lowest BCUT2D eigenvalue weighted by molar-refractivity contribution is 0.391. The van der Waals surface area contributed by atoms with E-state index in [0.717, 1.165) is 30.4 Å². The van der Waals surface area contributed by atoms with Crippen LogP contribution in [-0.2, 0) is 13.1 Å². The maximum Gasteiger partial charge on any atom is 0.203 e. The van der Waals surface area contributed by atoms with Gasteiger partial charge >= 0.3 is 0 Å². The van der Waals surface area contributed by atoms with E-state index >= 15 is 0 Å². The normalized spacial score (nSPS) is 10.6. The van der Waals surface area contributed by atoms with Crippen LogP contribution < -0.4 is 5.32 Å². The standard InChI is InChI=1S/C11H16N4O/c1-3-5-15-6-4-12-11(15)13-8-10-7-9(2)16-14-10/h4,6-7H,3,5,8H2,1-2H3,(H,12,13). The highest BCUT2D eigenvalue weighted by molar-refractivity contribution is 5.27. The van der Waals surface area contributed by atoms with Crippen LogP contribution in [0.25, 0.3) is 0 Å². The molecule has 2 aromatic heterocycles. The largest absolute Gasteiger partial charge is 0.361 e. The molecule has 16 heavy (non-hydrogen) atoms. The molecule has 0 saturated carbocycles. The van der Waals surface area contributed by atoms with Gasteiger partial charge in [-0.15, -0.1) is 0 Å². The number of nitrogens with one attached hydrogen (secondary N) is 1. The molecule has 0 bridgehead atoms. The van der Waals surface area contributed by atoms with E-state index in [1.807, 2.05) is 19.2 Å². The van der Waals surface area contributed by atoms with Gasteiger partial charge in [0.05, 0.1) is 6.54 Å². The van der Waals surface area contributed by atoms with Gasteiger partial charge in [0.2, 0.25) is 5.95 Å². The maximum absolute atomic E-state index is 4.99. The second-order valence-electron chi connectivity index (χ2n) is 3.73. The molecule has 5 heteroatoms. The molecule has 0 atom stereocenters. The minimum absolute atomic E-state index is 0.637. The number of aromatic nitrogens is 3. The minimum atomic E-state index is 0.637. The second-order valence-corrected chi connectivity index (χ2v) is 3.73. The summed E-state index contributed by atoms with van der Waals surface area (Å²) in [6.07, 6.45) is 4.86. The van der Waals surface area contributed by atoms with E-state index in [1.54, 1.807) is 6.20 Å². The Morgan fingerprint density at radius 2 is 2.38 bits per heavy atom. The van der Waals surface area contributed by atoms with Gasteiger partial charge in [0.25, 0.3) is 0 Å². The summed E-state index contributed by atoms with van der Waals surface area (Å²) >= 11 is 0. The molecule has 0 aliphatic carbocycles. The highest BCUT2D eigenvalue weighted by atomic mass is 16.5. The summed E-state index contributed by atoms with van der Waals surface area (Å²) < 4.78 is 7.09. The third-order valence-electron chi connectivity index (χ3n) is 2.28. The van der Waals surface area contributed by atoms with Gasteiger partial charge in [0, 0.05) is 25.0 Å². The Morgan fingerprint density at radius 1 is 1.50 bits per heavy atom. The first-order valence-corrected chi connectivity index (χ1v) is 5.47. The smallest absolute Gasteiger partial charge is 0.203 e. The monoisotopic (exact) mass is 220 g/mol. The summed E-state index contributed by atoms with van der Waals surface area (Å²) in [7, 11) is 0. The average molecular weight is 220 g/mol. The first kappa shape index (κ1) is 10.7. The van der Waals surface area contributed by atoms with Gasteiger partial charge in [-0.3, -0.25) is 0 Å². The van der Waals surface area contributed by atoms with Crippen LogP contribution in [0.5, 0.6) is 0 Å². The molecule has 2 heterocycles. The van der Waals surface area contributed by atoms with Crippen molar-refractivity contribution in [3.05, 3.63) is 29.9 Å². The van der Waals surface area contributed by atoms with Gasteiger partial charge in [-0.2, -0.15) is 0 Å². The molecule has 2 rings (SSSR count). The van der Waals surface area contributed by atoms with Crippen molar-refractivity contribution in [3.63, 3.8) is 0 Å². The van der Waals surface area contributed by atoms with Crippen LogP contribution in [0.4, 0.5) is 5.95 Å². The van der Waals surface area contributed by atoms with Gasteiger partial charge in [-0.05, 0) is 13.3 Å². The van der Waals surface area contributed by atoms with Crippen molar-refractivity contribution in [3.8, 4) is 0 Å². The third-order valence-corrected chi connectivity index (χ3v) is 2.28. The van der Waals surface area contributed by atoms with Crippen molar-refractivity contribution in [1.29, 1.82) is 0 Å². The number of nitrogens with zero attached hydrogens (tertiary/aromatic N) is 3. The molecule has 0 saturated heterocycles. The van der Waals surface area contributed by atoms with E-state index in [9.17, 15) is 0 Å². The number of anilines is 1. The molecule has 0 amide bonds. The van der Waals surface area contributed by atoms with Gasteiger partial charge < -0.3 is 14.4 Å². The van der Waals surface area contributed by atoms with Crippen molar-refractivity contribution in [1.82, 2.24) is 14.7 Å². The summed E-state index contributed by atoms with van der Waals surface area (Å²) in [5.41, 5.74) is 0.892. The molecule has 5 nitrogen and oxygen atoms in total. The summed E-state index contributed by atoms with van der Waals surface area (Å²) in [5.74, 6) is 1.70. The number of imidazole rings is 1. The lowest BCUT2D eigenvalue weighted by Gasteiger charge is -2.06. The predicted molar refractivity (Wildman–Crippen MR) is 61.1 cm³/mol. The third kappa shape index (κ3) is 2.42. The number of aryl methyl sites for hydroxylation is 2. The first-order valence-electron chi connectivity index (χ1n) is 5.47. The van der Waals surface area contributed by atoms with Crippen LogP contribution in [0.15, 0.2) is 23.0 Å². The Labute approximate surface area is 94.5 Å². The molecular weight excluding hydrogens is 204 g/mol. The van der Waals surface area contributed by atoms with Crippen LogP contribution >= 0.6 is 0 Å². The quantitative estimate of drug-likeness (QED) is 0.839. The van der Waals surface area contributed by atoms with Crippen molar-refractivity contribution >= 4 is 5.95 Å². The zero-order valence-corrected chi connectivity index (χ0v) is 9.60. The second kappa shape index (κ2) is 4.83. The van der Waals surface area contributed by atoms with Gasteiger partial charge in [-0.1, -0.05) is 12.1 Å². The van der Waals surface area contributed by atoms with Crippen LogP contribution in [-0.4, -0.2) is 14.7 Å². The minimum Gasteiger partial charge on any atom is -0.361 e. The van der Waals surface area contributed by atoms with Crippen molar-refractivity contribution in [2.75, 3.05) is 5.32 Å². The highest BCUT2D eigenvalue weighted by Crippen LogP contribution is 2.08. The van der Waals surface area contributed by atoms with Gasteiger partial charge in [0.1, 0.15) is 11.5 Å².